The van der Waals surface area contributed by atoms with Gasteiger partial charge < -0.3 is 20.1 Å². The Kier molecular flexibility index (Phi) is 8.90. The van der Waals surface area contributed by atoms with Gasteiger partial charge in [-0.15, -0.1) is 0 Å². The predicted molar refractivity (Wildman–Crippen MR) is 88.4 cm³/mol. The Morgan fingerprint density at radius 2 is 1.91 bits per heavy atom. The van der Waals surface area contributed by atoms with Crippen molar-refractivity contribution in [2.45, 2.75) is 26.7 Å². The Hall–Kier alpha value is -1.89. The van der Waals surface area contributed by atoms with Gasteiger partial charge >= 0.3 is 0 Å². The lowest BCUT2D eigenvalue weighted by Crippen LogP contribution is -2.25. The number of rotatable bonds is 12. The number of ether oxygens (including phenoxy) is 2. The second-order valence-corrected chi connectivity index (χ2v) is 4.89. The van der Waals surface area contributed by atoms with Crippen molar-refractivity contribution in [1.29, 1.82) is 0 Å². The molecule has 1 heterocycles. The number of anilines is 2. The summed E-state index contributed by atoms with van der Waals surface area (Å²) in [6.07, 6.45) is 2.13. The molecule has 0 aromatic carbocycles. The van der Waals surface area contributed by atoms with E-state index >= 15 is 0 Å². The van der Waals surface area contributed by atoms with Crippen LogP contribution >= 0.6 is 0 Å². The Labute approximate surface area is 131 Å². The predicted octanol–water partition coefficient (Wildman–Crippen LogP) is 2.45. The molecule has 124 valence electrons. The highest BCUT2D eigenvalue weighted by Crippen LogP contribution is 2.23. The van der Waals surface area contributed by atoms with Gasteiger partial charge in [0.2, 0.25) is 5.88 Å². The molecule has 1 aromatic heterocycles. The third-order valence-corrected chi connectivity index (χ3v) is 2.96. The molecule has 0 amide bonds. The number of pyridine rings is 1. The molecular formula is C15H26N4O3. The zero-order valence-electron chi connectivity index (χ0n) is 13.5. The number of hydrogen-bond acceptors (Lipinski definition) is 7. The monoisotopic (exact) mass is 310 g/mol. The van der Waals surface area contributed by atoms with Crippen LogP contribution in [-0.4, -0.2) is 44.4 Å². The minimum atomic E-state index is 0.156. The van der Waals surface area contributed by atoms with Gasteiger partial charge in [0, 0.05) is 30.9 Å². The molecule has 0 saturated heterocycles. The average molecular weight is 310 g/mol. The average Bonchev–Trinajstić information content (AvgIpc) is 2.50. The van der Waals surface area contributed by atoms with Gasteiger partial charge in [0.1, 0.15) is 19.0 Å². The second kappa shape index (κ2) is 10.8. The molecule has 1 rings (SSSR count). The number of nitrogens with two attached hydrogens (primary N) is 1. The van der Waals surface area contributed by atoms with Crippen molar-refractivity contribution in [2.75, 3.05) is 50.1 Å². The molecular weight excluding hydrogens is 284 g/mol. The van der Waals surface area contributed by atoms with Gasteiger partial charge in [-0.1, -0.05) is 19.0 Å². The lowest BCUT2D eigenvalue weighted by molar-refractivity contribution is 0.104. The maximum atomic E-state index is 9.91. The van der Waals surface area contributed by atoms with Crippen molar-refractivity contribution < 1.29 is 9.47 Å². The summed E-state index contributed by atoms with van der Waals surface area (Å²) in [6.45, 7) is 7.45. The summed E-state index contributed by atoms with van der Waals surface area (Å²) in [5, 5.41) is 2.72. The molecule has 0 unspecified atom stereocenters. The lowest BCUT2D eigenvalue weighted by atomic mass is 10.3. The number of nitrogen functional groups attached to an aromatic ring is 1. The molecule has 0 spiro atoms. The Bertz CT molecular complexity index is 437. The molecule has 2 N–H and O–H groups in total. The number of hydrogen-bond donors (Lipinski definition) is 1. The fraction of sp³-hybridized carbons (Fsp3) is 0.667. The quantitative estimate of drug-likeness (QED) is 0.471. The van der Waals surface area contributed by atoms with Crippen LogP contribution in [0.3, 0.4) is 0 Å². The van der Waals surface area contributed by atoms with Crippen molar-refractivity contribution in [3.63, 3.8) is 0 Å². The first-order valence-corrected chi connectivity index (χ1v) is 7.73. The highest BCUT2D eigenvalue weighted by atomic mass is 16.5. The van der Waals surface area contributed by atoms with Gasteiger partial charge in [0.05, 0.1) is 13.2 Å². The molecule has 0 bridgehead atoms. The summed E-state index contributed by atoms with van der Waals surface area (Å²) in [5.41, 5.74) is 6.89. The first-order valence-electron chi connectivity index (χ1n) is 7.73. The topological polar surface area (TPSA) is 90.0 Å². The fourth-order valence-electron chi connectivity index (χ4n) is 2.09. The van der Waals surface area contributed by atoms with E-state index in [2.05, 4.69) is 28.9 Å². The highest BCUT2D eigenvalue weighted by molar-refractivity contribution is 5.55. The Balaban J connectivity index is 2.58. The standard InChI is InChI=1S/C15H26N4O3/c1-3-6-19(7-4-2)13-11-14(16)18-15(12-13)22-10-9-21-8-5-17-20/h11-12H,3-10H2,1-2H3,(H2,16,18). The van der Waals surface area contributed by atoms with Crippen molar-refractivity contribution in [1.82, 2.24) is 4.98 Å². The van der Waals surface area contributed by atoms with Crippen LogP contribution in [0.4, 0.5) is 11.5 Å². The van der Waals surface area contributed by atoms with E-state index < -0.39 is 0 Å². The van der Waals surface area contributed by atoms with E-state index in [9.17, 15) is 4.91 Å². The van der Waals surface area contributed by atoms with Gasteiger partial charge in [-0.25, -0.2) is 0 Å². The van der Waals surface area contributed by atoms with Gasteiger partial charge in [0.15, 0.2) is 0 Å². The SMILES string of the molecule is CCCN(CCC)c1cc(N)nc(OCCOCCN=O)c1. The largest absolute Gasteiger partial charge is 0.475 e. The zero-order valence-corrected chi connectivity index (χ0v) is 13.5. The van der Waals surface area contributed by atoms with Crippen molar-refractivity contribution in [2.24, 2.45) is 5.18 Å². The number of aromatic nitrogens is 1. The third kappa shape index (κ3) is 6.71. The summed E-state index contributed by atoms with van der Waals surface area (Å²) in [5.74, 6) is 0.931. The molecule has 7 nitrogen and oxygen atoms in total. The van der Waals surface area contributed by atoms with E-state index in [1.165, 1.54) is 0 Å². The molecule has 7 heteroatoms. The molecule has 0 aliphatic carbocycles. The van der Waals surface area contributed by atoms with Crippen LogP contribution in [0, 0.1) is 4.91 Å². The van der Waals surface area contributed by atoms with E-state index in [-0.39, 0.29) is 6.54 Å². The minimum absolute atomic E-state index is 0.156. The smallest absolute Gasteiger partial charge is 0.217 e. The molecule has 0 fully saturated rings. The van der Waals surface area contributed by atoms with E-state index in [1.807, 2.05) is 12.1 Å². The van der Waals surface area contributed by atoms with Crippen molar-refractivity contribution in [3.8, 4) is 5.88 Å². The molecule has 1 aromatic rings. The third-order valence-electron chi connectivity index (χ3n) is 2.96. The normalized spacial score (nSPS) is 10.5. The summed E-state index contributed by atoms with van der Waals surface area (Å²) >= 11 is 0. The van der Waals surface area contributed by atoms with Crippen LogP contribution in [0.2, 0.25) is 0 Å². The summed E-state index contributed by atoms with van der Waals surface area (Å²) in [7, 11) is 0. The van der Waals surface area contributed by atoms with Crippen LogP contribution in [0.25, 0.3) is 0 Å². The maximum Gasteiger partial charge on any atom is 0.217 e. The Morgan fingerprint density at radius 1 is 1.18 bits per heavy atom. The number of nitrogens with zero attached hydrogens (tertiary/aromatic N) is 3. The van der Waals surface area contributed by atoms with Gasteiger partial charge in [-0.3, -0.25) is 0 Å². The van der Waals surface area contributed by atoms with E-state index in [4.69, 9.17) is 15.2 Å². The van der Waals surface area contributed by atoms with Gasteiger partial charge in [0.25, 0.3) is 0 Å². The molecule has 22 heavy (non-hydrogen) atoms. The molecule has 0 aliphatic rings. The van der Waals surface area contributed by atoms with Gasteiger partial charge in [-0.2, -0.15) is 9.89 Å². The summed E-state index contributed by atoms with van der Waals surface area (Å²) in [4.78, 5) is 16.4. The van der Waals surface area contributed by atoms with E-state index in [0.29, 0.717) is 31.5 Å². The van der Waals surface area contributed by atoms with Crippen LogP contribution in [0.5, 0.6) is 5.88 Å². The van der Waals surface area contributed by atoms with Crippen LogP contribution in [-0.2, 0) is 4.74 Å². The van der Waals surface area contributed by atoms with Crippen molar-refractivity contribution >= 4 is 11.5 Å². The first-order chi connectivity index (χ1) is 10.7. The lowest BCUT2D eigenvalue weighted by Gasteiger charge is -2.24. The van der Waals surface area contributed by atoms with E-state index in [1.54, 1.807) is 0 Å². The van der Waals surface area contributed by atoms with Gasteiger partial charge in [-0.05, 0) is 12.8 Å². The maximum absolute atomic E-state index is 9.91. The highest BCUT2D eigenvalue weighted by Gasteiger charge is 2.08. The van der Waals surface area contributed by atoms with E-state index in [0.717, 1.165) is 31.6 Å². The molecule has 0 radical (unpaired) electrons. The minimum Gasteiger partial charge on any atom is -0.475 e. The van der Waals surface area contributed by atoms with Crippen molar-refractivity contribution in [3.05, 3.63) is 17.0 Å². The van der Waals surface area contributed by atoms with Crippen LogP contribution < -0.4 is 15.4 Å². The molecule has 0 aliphatic heterocycles. The molecule has 0 atom stereocenters. The Morgan fingerprint density at radius 3 is 2.55 bits per heavy atom. The fourth-order valence-corrected chi connectivity index (χ4v) is 2.09. The summed E-state index contributed by atoms with van der Waals surface area (Å²) < 4.78 is 10.8. The zero-order chi connectivity index (χ0) is 16.2. The number of nitroso groups, excluding NO2 is 1. The summed E-state index contributed by atoms with van der Waals surface area (Å²) in [6, 6.07) is 3.76. The second-order valence-electron chi connectivity index (χ2n) is 4.89. The van der Waals surface area contributed by atoms with Crippen LogP contribution in [0.15, 0.2) is 17.3 Å². The van der Waals surface area contributed by atoms with Crippen LogP contribution in [0.1, 0.15) is 26.7 Å². The first kappa shape index (κ1) is 18.2. The molecule has 0 saturated carbocycles.